The third kappa shape index (κ3) is 5.76. The normalized spacial score (nSPS) is 22.6. The first-order valence-corrected chi connectivity index (χ1v) is 10.1. The predicted molar refractivity (Wildman–Crippen MR) is 112 cm³/mol. The van der Waals surface area contributed by atoms with Crippen LogP contribution < -0.4 is 5.73 Å². The van der Waals surface area contributed by atoms with Crippen LogP contribution in [-0.2, 0) is 6.42 Å². The number of benzene rings is 1. The smallest absolute Gasteiger partial charge is 0.0353 e. The number of hydrogen-bond acceptors (Lipinski definition) is 1. The summed E-state index contributed by atoms with van der Waals surface area (Å²) in [6.07, 6.45) is 14.4. The van der Waals surface area contributed by atoms with Gasteiger partial charge in [0, 0.05) is 5.69 Å². The van der Waals surface area contributed by atoms with Gasteiger partial charge < -0.3 is 5.73 Å². The Balaban J connectivity index is 2.27. The van der Waals surface area contributed by atoms with Gasteiger partial charge in [-0.3, -0.25) is 0 Å². The molecule has 1 aliphatic carbocycles. The number of nitrogens with two attached hydrogens (primary N) is 1. The molecule has 0 heterocycles. The van der Waals surface area contributed by atoms with Crippen LogP contribution in [0.15, 0.2) is 35.9 Å². The monoisotopic (exact) mass is 339 g/mol. The lowest BCUT2D eigenvalue weighted by Gasteiger charge is -2.22. The number of nitrogen functional groups attached to an aromatic ring is 1. The number of aryl methyl sites for hydroxylation is 1. The molecule has 1 heteroatoms. The highest BCUT2D eigenvalue weighted by Crippen LogP contribution is 2.37. The molecular weight excluding hydrogens is 302 g/mol. The van der Waals surface area contributed by atoms with Crippen LogP contribution in [0.3, 0.4) is 0 Å². The Bertz CT molecular complexity index is 621. The Morgan fingerprint density at radius 3 is 2.64 bits per heavy atom. The van der Waals surface area contributed by atoms with Gasteiger partial charge >= 0.3 is 0 Å². The minimum absolute atomic E-state index is 0.556. The Hall–Kier alpha value is -1.50. The van der Waals surface area contributed by atoms with E-state index >= 15 is 0 Å². The lowest BCUT2D eigenvalue weighted by atomic mass is 9.84. The van der Waals surface area contributed by atoms with Crippen molar-refractivity contribution in [2.24, 2.45) is 11.8 Å². The molecule has 1 saturated carbocycles. The summed E-state index contributed by atoms with van der Waals surface area (Å²) < 4.78 is 0. The summed E-state index contributed by atoms with van der Waals surface area (Å²) in [5, 5.41) is 0. The summed E-state index contributed by atoms with van der Waals surface area (Å²) in [5.41, 5.74) is 13.0. The third-order valence-electron chi connectivity index (χ3n) is 5.48. The number of hydrogen-bond donors (Lipinski definition) is 1. The highest BCUT2D eigenvalue weighted by atomic mass is 14.6. The van der Waals surface area contributed by atoms with E-state index in [9.17, 15) is 0 Å². The van der Waals surface area contributed by atoms with E-state index < -0.39 is 0 Å². The van der Waals surface area contributed by atoms with E-state index in [-0.39, 0.29) is 0 Å². The molecule has 0 radical (unpaired) electrons. The molecule has 0 aromatic heterocycles. The van der Waals surface area contributed by atoms with Crippen molar-refractivity contribution >= 4 is 5.69 Å². The van der Waals surface area contributed by atoms with Gasteiger partial charge in [0.1, 0.15) is 0 Å². The fourth-order valence-corrected chi connectivity index (χ4v) is 4.32. The minimum Gasteiger partial charge on any atom is -0.398 e. The summed E-state index contributed by atoms with van der Waals surface area (Å²) >= 11 is 0. The molecule has 2 N–H and O–H groups in total. The van der Waals surface area contributed by atoms with Crippen molar-refractivity contribution in [3.63, 3.8) is 0 Å². The van der Waals surface area contributed by atoms with Crippen molar-refractivity contribution in [1.29, 1.82) is 0 Å². The van der Waals surface area contributed by atoms with Crippen molar-refractivity contribution in [1.82, 2.24) is 0 Å². The highest BCUT2D eigenvalue weighted by molar-refractivity contribution is 5.55. The number of allylic oxidation sites excluding steroid dienone is 4. The minimum atomic E-state index is 0.556. The molecule has 1 fully saturated rings. The van der Waals surface area contributed by atoms with Crippen LogP contribution in [0, 0.1) is 18.8 Å². The second-order valence-electron chi connectivity index (χ2n) is 8.39. The van der Waals surface area contributed by atoms with E-state index in [2.05, 4.69) is 65.0 Å². The predicted octanol–water partition coefficient (Wildman–Crippen LogP) is 6.96. The molecule has 1 aliphatic rings. The molecule has 0 saturated heterocycles. The second kappa shape index (κ2) is 9.27. The lowest BCUT2D eigenvalue weighted by Crippen LogP contribution is -2.07. The molecule has 0 bridgehead atoms. The summed E-state index contributed by atoms with van der Waals surface area (Å²) in [7, 11) is 0. The van der Waals surface area contributed by atoms with Crippen molar-refractivity contribution in [3.05, 3.63) is 52.6 Å². The molecule has 2 rings (SSSR count). The Kier molecular flexibility index (Phi) is 7.35. The van der Waals surface area contributed by atoms with E-state index in [0.29, 0.717) is 11.8 Å². The molecule has 1 aromatic rings. The van der Waals surface area contributed by atoms with Gasteiger partial charge in [-0.15, -0.1) is 0 Å². The summed E-state index contributed by atoms with van der Waals surface area (Å²) in [6.45, 7) is 11.2. The molecule has 0 spiro atoms. The van der Waals surface area contributed by atoms with Gasteiger partial charge in [0.25, 0.3) is 0 Å². The molecule has 1 nitrogen and oxygen atoms in total. The van der Waals surface area contributed by atoms with Crippen LogP contribution >= 0.6 is 0 Å². The zero-order valence-electron chi connectivity index (χ0n) is 16.9. The van der Waals surface area contributed by atoms with Gasteiger partial charge in [-0.25, -0.2) is 0 Å². The molecule has 0 amide bonds. The second-order valence-corrected chi connectivity index (χ2v) is 8.39. The quantitative estimate of drug-likeness (QED) is 0.350. The molecule has 0 aliphatic heterocycles. The molecular formula is C24H37N. The first-order chi connectivity index (χ1) is 11.9. The number of anilines is 1. The van der Waals surface area contributed by atoms with E-state index in [4.69, 9.17) is 5.73 Å². The van der Waals surface area contributed by atoms with E-state index in [1.807, 2.05) is 0 Å². The fraction of sp³-hybridized carbons (Fsp3) is 0.583. The van der Waals surface area contributed by atoms with E-state index in [0.717, 1.165) is 18.0 Å². The third-order valence-corrected chi connectivity index (χ3v) is 5.48. The van der Waals surface area contributed by atoms with Crippen molar-refractivity contribution < 1.29 is 0 Å². The van der Waals surface area contributed by atoms with Crippen LogP contribution in [0.2, 0.25) is 0 Å². The van der Waals surface area contributed by atoms with Gasteiger partial charge in [0.2, 0.25) is 0 Å². The maximum atomic E-state index is 6.49. The lowest BCUT2D eigenvalue weighted by molar-refractivity contribution is 0.470. The Labute approximate surface area is 155 Å². The average Bonchev–Trinajstić information content (AvgIpc) is 2.74. The summed E-state index contributed by atoms with van der Waals surface area (Å²) in [5.74, 6) is 2.08. The van der Waals surface area contributed by atoms with Gasteiger partial charge in [-0.05, 0) is 79.2 Å². The van der Waals surface area contributed by atoms with Crippen molar-refractivity contribution in [2.45, 2.75) is 79.1 Å². The zero-order valence-corrected chi connectivity index (χ0v) is 16.9. The Morgan fingerprint density at radius 1 is 1.24 bits per heavy atom. The Morgan fingerprint density at radius 2 is 1.96 bits per heavy atom. The van der Waals surface area contributed by atoms with Crippen LogP contribution in [0.4, 0.5) is 5.69 Å². The SMILES string of the molecule is C/C=C\C(=C/C(C)C)Cc1cc(C)c(C2CCCCC(C)C2)cc1N. The van der Waals surface area contributed by atoms with Crippen LogP contribution in [0.5, 0.6) is 0 Å². The largest absolute Gasteiger partial charge is 0.398 e. The first-order valence-electron chi connectivity index (χ1n) is 10.1. The fourth-order valence-electron chi connectivity index (χ4n) is 4.32. The van der Waals surface area contributed by atoms with Gasteiger partial charge in [-0.2, -0.15) is 0 Å². The van der Waals surface area contributed by atoms with E-state index in [1.165, 1.54) is 54.4 Å². The number of rotatable bonds is 5. The highest BCUT2D eigenvalue weighted by Gasteiger charge is 2.21. The van der Waals surface area contributed by atoms with Gasteiger partial charge in [-0.1, -0.05) is 64.3 Å². The van der Waals surface area contributed by atoms with Crippen molar-refractivity contribution in [3.8, 4) is 0 Å². The molecule has 25 heavy (non-hydrogen) atoms. The maximum absolute atomic E-state index is 6.49. The maximum Gasteiger partial charge on any atom is 0.0353 e. The van der Waals surface area contributed by atoms with Crippen LogP contribution in [0.25, 0.3) is 0 Å². The first kappa shape index (κ1) is 19.8. The average molecular weight is 340 g/mol. The van der Waals surface area contributed by atoms with E-state index in [1.54, 1.807) is 0 Å². The van der Waals surface area contributed by atoms with Gasteiger partial charge in [0.05, 0.1) is 0 Å². The topological polar surface area (TPSA) is 26.0 Å². The van der Waals surface area contributed by atoms with Crippen LogP contribution in [0.1, 0.15) is 82.4 Å². The standard InChI is InChI=1S/C24H37N/c1-6-9-20(12-17(2)3)15-22-14-19(5)23(16-24(22)25)21-11-8-7-10-18(4)13-21/h6,9,12,14,16-18,21H,7-8,10-11,13,15,25H2,1-5H3/b9-6-,20-12+. The van der Waals surface area contributed by atoms with Crippen molar-refractivity contribution in [2.75, 3.05) is 5.73 Å². The summed E-state index contributed by atoms with van der Waals surface area (Å²) in [6, 6.07) is 4.63. The zero-order chi connectivity index (χ0) is 18.4. The molecule has 138 valence electrons. The van der Waals surface area contributed by atoms with Gasteiger partial charge in [0.15, 0.2) is 0 Å². The van der Waals surface area contributed by atoms with Crippen LogP contribution in [-0.4, -0.2) is 0 Å². The summed E-state index contributed by atoms with van der Waals surface area (Å²) in [4.78, 5) is 0. The molecule has 1 aromatic carbocycles. The molecule has 2 atom stereocenters. The molecule has 2 unspecified atom stereocenters.